The lowest BCUT2D eigenvalue weighted by Gasteiger charge is -1.96. The molecule has 0 radical (unpaired) electrons. The Morgan fingerprint density at radius 2 is 2.00 bits per heavy atom. The Hall–Kier alpha value is -0.820. The summed E-state index contributed by atoms with van der Waals surface area (Å²) in [5, 5.41) is 0. The molecule has 2 N–H and O–H groups in total. The summed E-state index contributed by atoms with van der Waals surface area (Å²) in [5.41, 5.74) is 7.02. The zero-order chi connectivity index (χ0) is 7.68. The Morgan fingerprint density at radius 3 is 2.55 bits per heavy atom. The fourth-order valence-electron chi connectivity index (χ4n) is 1.62. The van der Waals surface area contributed by atoms with Gasteiger partial charge in [0.05, 0.1) is 0 Å². The van der Waals surface area contributed by atoms with E-state index in [4.69, 9.17) is 5.73 Å². The van der Waals surface area contributed by atoms with Crippen molar-refractivity contribution < 1.29 is 0 Å². The highest BCUT2D eigenvalue weighted by atomic mass is 14.6. The van der Waals surface area contributed by atoms with Crippen molar-refractivity contribution >= 4 is 0 Å². The highest BCUT2D eigenvalue weighted by Crippen LogP contribution is 2.46. The van der Waals surface area contributed by atoms with Gasteiger partial charge in [-0.2, -0.15) is 0 Å². The quantitative estimate of drug-likeness (QED) is 0.677. The summed E-state index contributed by atoms with van der Waals surface area (Å²) in [7, 11) is 0. The largest absolute Gasteiger partial charge is 0.330 e. The predicted octanol–water partition coefficient (Wildman–Crippen LogP) is 1.75. The molecule has 58 valence electrons. The van der Waals surface area contributed by atoms with Gasteiger partial charge in [0.2, 0.25) is 0 Å². The molecule has 1 saturated carbocycles. The number of rotatable bonds is 2. The lowest BCUT2D eigenvalue weighted by Crippen LogP contribution is -2.01. The zero-order valence-electron chi connectivity index (χ0n) is 6.53. The van der Waals surface area contributed by atoms with E-state index in [0.29, 0.717) is 0 Å². The number of benzene rings is 1. The standard InChI is InChI=1S/C10H13N/c11-7-9-6-10(9)8-4-2-1-3-5-8/h1-5,9-10H,6-7,11H2/t9-,10?/m0/s1. The second-order valence-electron chi connectivity index (χ2n) is 3.25. The van der Waals surface area contributed by atoms with Gasteiger partial charge in [0, 0.05) is 0 Å². The first-order valence-corrected chi connectivity index (χ1v) is 4.17. The highest BCUT2D eigenvalue weighted by Gasteiger charge is 2.36. The fraction of sp³-hybridized carbons (Fsp3) is 0.400. The maximum Gasteiger partial charge on any atom is -0.00428 e. The summed E-state index contributed by atoms with van der Waals surface area (Å²) in [6.07, 6.45) is 1.29. The van der Waals surface area contributed by atoms with Crippen molar-refractivity contribution in [3.63, 3.8) is 0 Å². The minimum Gasteiger partial charge on any atom is -0.330 e. The lowest BCUT2D eigenvalue weighted by molar-refractivity contribution is 0.810. The molecule has 2 rings (SSSR count). The van der Waals surface area contributed by atoms with E-state index < -0.39 is 0 Å². The Bertz CT molecular complexity index is 230. The summed E-state index contributed by atoms with van der Waals surface area (Å²) in [5.74, 6) is 1.53. The van der Waals surface area contributed by atoms with Crippen LogP contribution in [0.25, 0.3) is 0 Å². The molecule has 0 heterocycles. The van der Waals surface area contributed by atoms with Crippen LogP contribution in [0.3, 0.4) is 0 Å². The van der Waals surface area contributed by atoms with Crippen molar-refractivity contribution in [1.29, 1.82) is 0 Å². The summed E-state index contributed by atoms with van der Waals surface area (Å²) in [6, 6.07) is 10.6. The monoisotopic (exact) mass is 147 g/mol. The molecule has 1 aliphatic carbocycles. The number of hydrogen-bond donors (Lipinski definition) is 1. The molecule has 0 spiro atoms. The molecule has 0 bridgehead atoms. The van der Waals surface area contributed by atoms with Crippen molar-refractivity contribution in [1.82, 2.24) is 0 Å². The molecule has 0 amide bonds. The third-order valence-electron chi connectivity index (χ3n) is 2.45. The van der Waals surface area contributed by atoms with Crippen LogP contribution in [0.4, 0.5) is 0 Å². The number of hydrogen-bond acceptors (Lipinski definition) is 1. The molecule has 1 aliphatic rings. The molecule has 1 heteroatoms. The lowest BCUT2D eigenvalue weighted by atomic mass is 10.1. The topological polar surface area (TPSA) is 26.0 Å². The van der Waals surface area contributed by atoms with E-state index in [1.54, 1.807) is 0 Å². The molecular weight excluding hydrogens is 134 g/mol. The molecule has 2 atom stereocenters. The van der Waals surface area contributed by atoms with Crippen molar-refractivity contribution in [2.75, 3.05) is 6.54 Å². The fourth-order valence-corrected chi connectivity index (χ4v) is 1.62. The average molecular weight is 147 g/mol. The Kier molecular flexibility index (Phi) is 1.66. The second kappa shape index (κ2) is 2.67. The van der Waals surface area contributed by atoms with Gasteiger partial charge in [-0.3, -0.25) is 0 Å². The van der Waals surface area contributed by atoms with E-state index in [0.717, 1.165) is 18.4 Å². The van der Waals surface area contributed by atoms with Crippen LogP contribution >= 0.6 is 0 Å². The van der Waals surface area contributed by atoms with Crippen LogP contribution in [-0.4, -0.2) is 6.54 Å². The first-order valence-electron chi connectivity index (χ1n) is 4.17. The van der Waals surface area contributed by atoms with Gasteiger partial charge in [-0.15, -0.1) is 0 Å². The van der Waals surface area contributed by atoms with Crippen LogP contribution in [0.15, 0.2) is 30.3 Å². The van der Waals surface area contributed by atoms with Gasteiger partial charge in [0.15, 0.2) is 0 Å². The van der Waals surface area contributed by atoms with Gasteiger partial charge in [-0.05, 0) is 30.4 Å². The predicted molar refractivity (Wildman–Crippen MR) is 46.3 cm³/mol. The minimum atomic E-state index is 0.761. The normalized spacial score (nSPS) is 28.5. The molecular formula is C10H13N. The molecule has 11 heavy (non-hydrogen) atoms. The molecule has 1 fully saturated rings. The molecule has 1 aromatic rings. The molecule has 1 aromatic carbocycles. The second-order valence-corrected chi connectivity index (χ2v) is 3.25. The Labute approximate surface area is 67.2 Å². The average Bonchev–Trinajstić information content (AvgIpc) is 2.85. The van der Waals surface area contributed by atoms with E-state index in [2.05, 4.69) is 30.3 Å². The van der Waals surface area contributed by atoms with Gasteiger partial charge in [0.25, 0.3) is 0 Å². The maximum absolute atomic E-state index is 5.56. The van der Waals surface area contributed by atoms with Gasteiger partial charge in [0.1, 0.15) is 0 Å². The SMILES string of the molecule is NC[C@@H]1CC1c1ccccc1. The van der Waals surface area contributed by atoms with Crippen LogP contribution in [0.2, 0.25) is 0 Å². The summed E-state index contributed by atoms with van der Waals surface area (Å²) in [4.78, 5) is 0. The van der Waals surface area contributed by atoms with E-state index in [1.165, 1.54) is 12.0 Å². The van der Waals surface area contributed by atoms with Crippen LogP contribution in [-0.2, 0) is 0 Å². The van der Waals surface area contributed by atoms with E-state index in [9.17, 15) is 0 Å². The summed E-state index contributed by atoms with van der Waals surface area (Å²) < 4.78 is 0. The van der Waals surface area contributed by atoms with Gasteiger partial charge < -0.3 is 5.73 Å². The van der Waals surface area contributed by atoms with Gasteiger partial charge >= 0.3 is 0 Å². The molecule has 1 unspecified atom stereocenters. The summed E-state index contributed by atoms with van der Waals surface area (Å²) >= 11 is 0. The third kappa shape index (κ3) is 1.29. The maximum atomic E-state index is 5.56. The molecule has 0 aromatic heterocycles. The van der Waals surface area contributed by atoms with Crippen molar-refractivity contribution in [3.8, 4) is 0 Å². The Morgan fingerprint density at radius 1 is 1.27 bits per heavy atom. The first kappa shape index (κ1) is 6.86. The third-order valence-corrected chi connectivity index (χ3v) is 2.45. The van der Waals surface area contributed by atoms with E-state index in [-0.39, 0.29) is 0 Å². The van der Waals surface area contributed by atoms with E-state index >= 15 is 0 Å². The first-order chi connectivity index (χ1) is 5.42. The van der Waals surface area contributed by atoms with E-state index in [1.807, 2.05) is 0 Å². The van der Waals surface area contributed by atoms with Crippen LogP contribution in [0, 0.1) is 5.92 Å². The molecule has 1 nitrogen and oxygen atoms in total. The smallest absolute Gasteiger partial charge is 0.00428 e. The number of nitrogens with two attached hydrogens (primary N) is 1. The van der Waals surface area contributed by atoms with Gasteiger partial charge in [-0.25, -0.2) is 0 Å². The summed E-state index contributed by atoms with van der Waals surface area (Å²) in [6.45, 7) is 0.847. The molecule has 0 aliphatic heterocycles. The van der Waals surface area contributed by atoms with Crippen LogP contribution < -0.4 is 5.73 Å². The van der Waals surface area contributed by atoms with Crippen LogP contribution in [0.5, 0.6) is 0 Å². The molecule has 0 saturated heterocycles. The minimum absolute atomic E-state index is 0.761. The van der Waals surface area contributed by atoms with Crippen molar-refractivity contribution in [2.45, 2.75) is 12.3 Å². The Balaban J connectivity index is 2.09. The van der Waals surface area contributed by atoms with Crippen LogP contribution in [0.1, 0.15) is 17.9 Å². The van der Waals surface area contributed by atoms with Gasteiger partial charge in [-0.1, -0.05) is 30.3 Å². The van der Waals surface area contributed by atoms with Crippen molar-refractivity contribution in [2.24, 2.45) is 11.7 Å². The zero-order valence-corrected chi connectivity index (χ0v) is 6.53. The highest BCUT2D eigenvalue weighted by molar-refractivity contribution is 5.25. The van der Waals surface area contributed by atoms with Crippen molar-refractivity contribution in [3.05, 3.63) is 35.9 Å².